The Kier molecular flexibility index (Phi) is 6.44. The van der Waals surface area contributed by atoms with Crippen molar-refractivity contribution in [1.29, 1.82) is 0 Å². The van der Waals surface area contributed by atoms with Gasteiger partial charge >= 0.3 is 0 Å². The van der Waals surface area contributed by atoms with E-state index < -0.39 is 0 Å². The molecule has 0 atom stereocenters. The van der Waals surface area contributed by atoms with E-state index in [-0.39, 0.29) is 11.7 Å². The van der Waals surface area contributed by atoms with Crippen LogP contribution in [0, 0.1) is 5.82 Å². The molecule has 0 unspecified atom stereocenters. The Labute approximate surface area is 176 Å². The fourth-order valence-corrected chi connectivity index (χ4v) is 3.73. The molecular formula is C24H26FN3O2. The maximum absolute atomic E-state index is 13.2. The number of benzene rings is 2. The van der Waals surface area contributed by atoms with Crippen LogP contribution < -0.4 is 4.90 Å². The molecule has 0 bridgehead atoms. The molecule has 1 aliphatic heterocycles. The predicted octanol–water partition coefficient (Wildman–Crippen LogP) is 3.77. The molecule has 0 saturated carbocycles. The first-order chi connectivity index (χ1) is 14.7. The Morgan fingerprint density at radius 3 is 2.30 bits per heavy atom. The Morgan fingerprint density at radius 2 is 1.63 bits per heavy atom. The maximum Gasteiger partial charge on any atom is 0.237 e. The van der Waals surface area contributed by atoms with Crippen LogP contribution in [0.3, 0.4) is 0 Å². The van der Waals surface area contributed by atoms with Gasteiger partial charge in [-0.1, -0.05) is 30.3 Å². The second-order valence-corrected chi connectivity index (χ2v) is 7.55. The maximum atomic E-state index is 13.2. The van der Waals surface area contributed by atoms with Gasteiger partial charge in [0.2, 0.25) is 5.91 Å². The third-order valence-corrected chi connectivity index (χ3v) is 5.42. The molecule has 0 spiro atoms. The number of anilines is 1. The van der Waals surface area contributed by atoms with Crippen LogP contribution >= 0.6 is 0 Å². The summed E-state index contributed by atoms with van der Waals surface area (Å²) in [5.74, 6) is 0.643. The fraction of sp³-hybridized carbons (Fsp3) is 0.292. The first-order valence-electron chi connectivity index (χ1n) is 10.2. The Morgan fingerprint density at radius 1 is 0.900 bits per heavy atom. The molecule has 1 aromatic heterocycles. The van der Waals surface area contributed by atoms with E-state index in [1.54, 1.807) is 18.4 Å². The Balaban J connectivity index is 1.35. The van der Waals surface area contributed by atoms with E-state index in [0.717, 1.165) is 43.2 Å². The van der Waals surface area contributed by atoms with Crippen LogP contribution in [0.4, 0.5) is 10.1 Å². The van der Waals surface area contributed by atoms with Gasteiger partial charge in [0.25, 0.3) is 0 Å². The van der Waals surface area contributed by atoms with Crippen LogP contribution in [-0.4, -0.2) is 48.4 Å². The van der Waals surface area contributed by atoms with Gasteiger partial charge in [0.05, 0.1) is 19.4 Å². The summed E-state index contributed by atoms with van der Waals surface area (Å²) in [5.41, 5.74) is 2.12. The molecule has 1 amide bonds. The summed E-state index contributed by atoms with van der Waals surface area (Å²) in [5, 5.41) is 0. The van der Waals surface area contributed by atoms with E-state index in [4.69, 9.17) is 4.42 Å². The van der Waals surface area contributed by atoms with E-state index in [1.165, 1.54) is 12.1 Å². The van der Waals surface area contributed by atoms with Crippen molar-refractivity contribution in [3.63, 3.8) is 0 Å². The molecule has 3 aromatic rings. The minimum Gasteiger partial charge on any atom is -0.467 e. The highest BCUT2D eigenvalue weighted by molar-refractivity contribution is 5.78. The lowest BCUT2D eigenvalue weighted by molar-refractivity contribution is -0.134. The lowest BCUT2D eigenvalue weighted by Gasteiger charge is -2.36. The van der Waals surface area contributed by atoms with Crippen molar-refractivity contribution in [2.24, 2.45) is 0 Å². The third-order valence-electron chi connectivity index (χ3n) is 5.42. The van der Waals surface area contributed by atoms with Gasteiger partial charge in [-0.25, -0.2) is 4.39 Å². The standard InChI is InChI=1S/C24H26FN3O2/c25-21-8-10-22(11-9-21)27-14-12-26(13-15-27)19-24(29)28(18-23-7-4-16-30-23)17-20-5-2-1-3-6-20/h1-11,16H,12-15,17-19H2. The number of nitrogens with zero attached hydrogens (tertiary/aromatic N) is 3. The number of rotatable bonds is 7. The Hall–Kier alpha value is -3.12. The Bertz CT molecular complexity index is 921. The summed E-state index contributed by atoms with van der Waals surface area (Å²) in [7, 11) is 0. The number of carbonyl (C=O) groups excluding carboxylic acids is 1. The minimum atomic E-state index is -0.224. The SMILES string of the molecule is O=C(CN1CCN(c2ccc(F)cc2)CC1)N(Cc1ccccc1)Cc1ccco1. The smallest absolute Gasteiger partial charge is 0.237 e. The van der Waals surface area contributed by atoms with Crippen LogP contribution in [0.15, 0.2) is 77.4 Å². The first-order valence-corrected chi connectivity index (χ1v) is 10.2. The number of hydrogen-bond donors (Lipinski definition) is 0. The molecule has 1 saturated heterocycles. The van der Waals surface area contributed by atoms with Gasteiger partial charge in [0.15, 0.2) is 0 Å². The monoisotopic (exact) mass is 407 g/mol. The molecule has 0 radical (unpaired) electrons. The number of piperazine rings is 1. The molecule has 2 heterocycles. The van der Waals surface area contributed by atoms with Gasteiger partial charge < -0.3 is 14.2 Å². The fourth-order valence-electron chi connectivity index (χ4n) is 3.73. The number of halogens is 1. The predicted molar refractivity (Wildman–Crippen MR) is 114 cm³/mol. The zero-order chi connectivity index (χ0) is 20.8. The second kappa shape index (κ2) is 9.59. The van der Waals surface area contributed by atoms with E-state index in [1.807, 2.05) is 47.4 Å². The number of furan rings is 1. The highest BCUT2D eigenvalue weighted by Crippen LogP contribution is 2.17. The number of hydrogen-bond acceptors (Lipinski definition) is 4. The highest BCUT2D eigenvalue weighted by atomic mass is 19.1. The van der Waals surface area contributed by atoms with Gasteiger partial charge in [0, 0.05) is 38.4 Å². The van der Waals surface area contributed by atoms with Gasteiger partial charge in [-0.05, 0) is 42.0 Å². The van der Waals surface area contributed by atoms with Crippen molar-refractivity contribution in [3.05, 3.63) is 90.1 Å². The van der Waals surface area contributed by atoms with Crippen LogP contribution in [0.25, 0.3) is 0 Å². The quantitative estimate of drug-likeness (QED) is 0.598. The average molecular weight is 407 g/mol. The van der Waals surface area contributed by atoms with Crippen molar-refractivity contribution in [2.75, 3.05) is 37.6 Å². The van der Waals surface area contributed by atoms with Crippen molar-refractivity contribution >= 4 is 11.6 Å². The minimum absolute atomic E-state index is 0.0884. The molecule has 1 fully saturated rings. The van der Waals surface area contributed by atoms with Crippen molar-refractivity contribution < 1.29 is 13.6 Å². The van der Waals surface area contributed by atoms with Crippen molar-refractivity contribution in [2.45, 2.75) is 13.1 Å². The van der Waals surface area contributed by atoms with Gasteiger partial charge in [-0.2, -0.15) is 0 Å². The summed E-state index contributed by atoms with van der Waals surface area (Å²) in [6.07, 6.45) is 1.63. The molecule has 1 aliphatic rings. The van der Waals surface area contributed by atoms with Crippen LogP contribution in [0.1, 0.15) is 11.3 Å². The summed E-state index contributed by atoms with van der Waals surface area (Å²) >= 11 is 0. The lowest BCUT2D eigenvalue weighted by Crippen LogP contribution is -2.50. The molecule has 2 aromatic carbocycles. The van der Waals surface area contributed by atoms with Crippen molar-refractivity contribution in [3.8, 4) is 0 Å². The largest absolute Gasteiger partial charge is 0.467 e. The molecular weight excluding hydrogens is 381 g/mol. The average Bonchev–Trinajstić information content (AvgIpc) is 3.28. The summed E-state index contributed by atoms with van der Waals surface area (Å²) < 4.78 is 18.6. The summed E-state index contributed by atoms with van der Waals surface area (Å²) in [6, 6.07) is 20.3. The molecule has 156 valence electrons. The zero-order valence-corrected chi connectivity index (χ0v) is 16.9. The molecule has 4 rings (SSSR count). The summed E-state index contributed by atoms with van der Waals surface area (Å²) in [6.45, 7) is 4.61. The van der Waals surface area contributed by atoms with Crippen LogP contribution in [0.2, 0.25) is 0 Å². The molecule has 0 N–H and O–H groups in total. The molecule has 6 heteroatoms. The van der Waals surface area contributed by atoms with E-state index in [2.05, 4.69) is 9.80 Å². The molecule has 30 heavy (non-hydrogen) atoms. The zero-order valence-electron chi connectivity index (χ0n) is 16.9. The normalized spacial score (nSPS) is 14.6. The van der Waals surface area contributed by atoms with Crippen LogP contribution in [-0.2, 0) is 17.9 Å². The number of carbonyl (C=O) groups is 1. The van der Waals surface area contributed by atoms with E-state index in [0.29, 0.717) is 19.6 Å². The summed E-state index contributed by atoms with van der Waals surface area (Å²) in [4.78, 5) is 19.4. The van der Waals surface area contributed by atoms with Crippen molar-refractivity contribution in [1.82, 2.24) is 9.80 Å². The first kappa shape index (κ1) is 20.2. The lowest BCUT2D eigenvalue weighted by atomic mass is 10.2. The van der Waals surface area contributed by atoms with E-state index >= 15 is 0 Å². The molecule has 0 aliphatic carbocycles. The third kappa shape index (κ3) is 5.27. The molecule has 5 nitrogen and oxygen atoms in total. The number of amides is 1. The van der Waals surface area contributed by atoms with Crippen LogP contribution in [0.5, 0.6) is 0 Å². The topological polar surface area (TPSA) is 39.9 Å². The van der Waals surface area contributed by atoms with E-state index in [9.17, 15) is 9.18 Å². The highest BCUT2D eigenvalue weighted by Gasteiger charge is 2.23. The van der Waals surface area contributed by atoms with Gasteiger partial charge in [-0.15, -0.1) is 0 Å². The second-order valence-electron chi connectivity index (χ2n) is 7.55. The van der Waals surface area contributed by atoms with Gasteiger partial charge in [0.1, 0.15) is 11.6 Å². The van der Waals surface area contributed by atoms with Gasteiger partial charge in [-0.3, -0.25) is 9.69 Å².